The molecule has 172 valence electrons. The normalized spacial score (nSPS) is 12.1. The average Bonchev–Trinajstić information content (AvgIpc) is 3.39. The van der Waals surface area contributed by atoms with Gasteiger partial charge in [-0.3, -0.25) is 19.9 Å². The van der Waals surface area contributed by atoms with Crippen LogP contribution in [-0.4, -0.2) is 49.9 Å². The molecular formula is C23H19ClN6O2S2. The number of carbonyl (C=O) groups excluding carboxylic acids is 2. The molecule has 11 heteroatoms. The summed E-state index contributed by atoms with van der Waals surface area (Å²) in [4.78, 5) is 35.1. The largest absolute Gasteiger partial charge is 0.345 e. The summed E-state index contributed by atoms with van der Waals surface area (Å²) in [5, 5.41) is 8.01. The van der Waals surface area contributed by atoms with Crippen LogP contribution in [0.4, 0.5) is 9.93 Å². The molecule has 0 fully saturated rings. The number of thiazole rings is 1. The number of aromatic nitrogens is 4. The zero-order valence-corrected chi connectivity index (χ0v) is 20.7. The summed E-state index contributed by atoms with van der Waals surface area (Å²) < 4.78 is 1.80. The molecule has 0 unspecified atom stereocenters. The lowest BCUT2D eigenvalue weighted by Crippen LogP contribution is -2.21. The maximum atomic E-state index is 12.4. The maximum absolute atomic E-state index is 12.4. The number of thiol groups is 1. The first-order chi connectivity index (χ1) is 16.3. The Bertz CT molecular complexity index is 1430. The molecule has 5 rings (SSSR count). The summed E-state index contributed by atoms with van der Waals surface area (Å²) in [5.41, 5.74) is 5.64. The minimum atomic E-state index is -0.472. The van der Waals surface area contributed by atoms with Crippen LogP contribution in [0.2, 0.25) is 5.02 Å². The van der Waals surface area contributed by atoms with Gasteiger partial charge in [-0.05, 0) is 43.2 Å². The summed E-state index contributed by atoms with van der Waals surface area (Å²) in [5.74, 6) is -0.135. The van der Waals surface area contributed by atoms with Crippen molar-refractivity contribution in [2.24, 2.45) is 0 Å². The molecule has 1 aliphatic rings. The molecule has 0 bridgehead atoms. The van der Waals surface area contributed by atoms with Crippen LogP contribution < -0.4 is 5.32 Å². The molecular weight excluding hydrogens is 492 g/mol. The van der Waals surface area contributed by atoms with E-state index >= 15 is 0 Å². The standard InChI is InChI=1S/C23H19ClN6O2S2/c1-29(2)21(31)12-5-8-17(15(24)10-12)30-19-14(18(28-30)13-4-3-9-25-11-13)6-7-16-20(19)34-22(26-16)27-23(32)33/h3-5,8-11H,6-7H2,1-2H3,(H2,26,27,32,33). The molecule has 3 aromatic heterocycles. The second kappa shape index (κ2) is 8.86. The van der Waals surface area contributed by atoms with Crippen molar-refractivity contribution in [3.63, 3.8) is 0 Å². The molecule has 8 nitrogen and oxygen atoms in total. The number of hydrogen-bond donors (Lipinski definition) is 2. The molecule has 4 aromatic rings. The van der Waals surface area contributed by atoms with Gasteiger partial charge in [-0.2, -0.15) is 5.10 Å². The molecule has 1 aliphatic carbocycles. The lowest BCUT2D eigenvalue weighted by atomic mass is 9.95. The quantitative estimate of drug-likeness (QED) is 0.378. The zero-order valence-electron chi connectivity index (χ0n) is 18.2. The predicted octanol–water partition coefficient (Wildman–Crippen LogP) is 4.97. The number of nitrogens with one attached hydrogen (secondary N) is 1. The molecule has 0 saturated heterocycles. The molecule has 0 aliphatic heterocycles. The number of hydrogen-bond acceptors (Lipinski definition) is 6. The smallest absolute Gasteiger partial charge is 0.282 e. The van der Waals surface area contributed by atoms with E-state index in [0.717, 1.165) is 39.5 Å². The lowest BCUT2D eigenvalue weighted by Gasteiger charge is -2.16. The molecule has 1 N–H and O–H groups in total. The van der Waals surface area contributed by atoms with E-state index in [1.165, 1.54) is 16.2 Å². The van der Waals surface area contributed by atoms with Gasteiger partial charge in [0, 0.05) is 43.2 Å². The summed E-state index contributed by atoms with van der Waals surface area (Å²) >= 11 is 11.9. The number of halogens is 1. The van der Waals surface area contributed by atoms with Gasteiger partial charge in [-0.25, -0.2) is 9.67 Å². The summed E-state index contributed by atoms with van der Waals surface area (Å²) in [6, 6.07) is 9.03. The number of amides is 2. The Hall–Kier alpha value is -3.21. The van der Waals surface area contributed by atoms with Crippen LogP contribution in [0, 0.1) is 0 Å². The Kier molecular flexibility index (Phi) is 5.88. The minimum Gasteiger partial charge on any atom is -0.345 e. The maximum Gasteiger partial charge on any atom is 0.282 e. The van der Waals surface area contributed by atoms with Crippen molar-refractivity contribution in [2.45, 2.75) is 12.8 Å². The highest BCUT2D eigenvalue weighted by Gasteiger charge is 2.30. The number of carbonyl (C=O) groups is 2. The number of fused-ring (bicyclic) bond motifs is 3. The predicted molar refractivity (Wildman–Crippen MR) is 136 cm³/mol. The fourth-order valence-corrected chi connectivity index (χ4v) is 5.50. The van der Waals surface area contributed by atoms with Crippen LogP contribution in [0.1, 0.15) is 21.6 Å². The third kappa shape index (κ3) is 3.97. The first kappa shape index (κ1) is 22.6. The Labute approximate surface area is 210 Å². The third-order valence-corrected chi connectivity index (χ3v) is 6.92. The molecule has 3 heterocycles. The topological polar surface area (TPSA) is 93.0 Å². The van der Waals surface area contributed by atoms with Gasteiger partial charge in [-0.15, -0.1) is 0 Å². The number of anilines is 1. The highest BCUT2D eigenvalue weighted by Crippen LogP contribution is 2.44. The van der Waals surface area contributed by atoms with E-state index in [1.807, 2.05) is 12.1 Å². The van der Waals surface area contributed by atoms with Crippen molar-refractivity contribution < 1.29 is 9.59 Å². The minimum absolute atomic E-state index is 0.135. The molecule has 2 amide bonds. The number of pyridine rings is 1. The Balaban J connectivity index is 1.71. The average molecular weight is 511 g/mol. The van der Waals surface area contributed by atoms with Gasteiger partial charge in [0.2, 0.25) is 0 Å². The monoisotopic (exact) mass is 510 g/mol. The van der Waals surface area contributed by atoms with Crippen LogP contribution in [0.3, 0.4) is 0 Å². The van der Waals surface area contributed by atoms with E-state index in [4.69, 9.17) is 16.7 Å². The Morgan fingerprint density at radius 3 is 2.74 bits per heavy atom. The van der Waals surface area contributed by atoms with Gasteiger partial charge in [0.15, 0.2) is 5.13 Å². The van der Waals surface area contributed by atoms with Gasteiger partial charge in [0.05, 0.1) is 32.7 Å². The molecule has 0 atom stereocenters. The molecule has 0 radical (unpaired) electrons. The van der Waals surface area contributed by atoms with Crippen molar-refractivity contribution in [3.8, 4) is 27.5 Å². The Morgan fingerprint density at radius 1 is 1.24 bits per heavy atom. The van der Waals surface area contributed by atoms with Gasteiger partial charge in [0.1, 0.15) is 0 Å². The lowest BCUT2D eigenvalue weighted by molar-refractivity contribution is 0.0827. The van der Waals surface area contributed by atoms with E-state index in [-0.39, 0.29) is 5.91 Å². The van der Waals surface area contributed by atoms with Crippen molar-refractivity contribution in [3.05, 3.63) is 64.6 Å². The summed E-state index contributed by atoms with van der Waals surface area (Å²) in [7, 11) is 3.39. The van der Waals surface area contributed by atoms with E-state index in [9.17, 15) is 9.59 Å². The zero-order chi connectivity index (χ0) is 24.0. The summed E-state index contributed by atoms with van der Waals surface area (Å²) in [6.07, 6.45) is 4.93. The third-order valence-electron chi connectivity index (χ3n) is 5.49. The van der Waals surface area contributed by atoms with Crippen LogP contribution in [0.15, 0.2) is 42.7 Å². The van der Waals surface area contributed by atoms with Gasteiger partial charge in [-0.1, -0.05) is 35.6 Å². The van der Waals surface area contributed by atoms with Gasteiger partial charge in [0.25, 0.3) is 11.1 Å². The molecule has 34 heavy (non-hydrogen) atoms. The number of nitrogens with zero attached hydrogens (tertiary/aromatic N) is 5. The van der Waals surface area contributed by atoms with Crippen molar-refractivity contribution >= 4 is 51.8 Å². The van der Waals surface area contributed by atoms with Crippen LogP contribution in [-0.2, 0) is 12.8 Å². The van der Waals surface area contributed by atoms with Gasteiger partial charge >= 0.3 is 0 Å². The van der Waals surface area contributed by atoms with Crippen molar-refractivity contribution in [1.82, 2.24) is 24.6 Å². The van der Waals surface area contributed by atoms with E-state index in [2.05, 4.69) is 27.9 Å². The number of rotatable bonds is 4. The molecule has 0 saturated carbocycles. The number of benzene rings is 1. The van der Waals surface area contributed by atoms with E-state index in [1.54, 1.807) is 49.4 Å². The fourth-order valence-electron chi connectivity index (χ4n) is 3.99. The second-order valence-corrected chi connectivity index (χ2v) is 9.73. The number of aryl methyl sites for hydroxylation is 1. The second-order valence-electron chi connectivity index (χ2n) is 7.92. The molecule has 0 spiro atoms. The van der Waals surface area contributed by atoms with Crippen LogP contribution >= 0.6 is 35.6 Å². The van der Waals surface area contributed by atoms with E-state index < -0.39 is 5.24 Å². The first-order valence-electron chi connectivity index (χ1n) is 10.4. The van der Waals surface area contributed by atoms with E-state index in [0.29, 0.717) is 27.8 Å². The Morgan fingerprint density at radius 2 is 2.06 bits per heavy atom. The van der Waals surface area contributed by atoms with Gasteiger partial charge < -0.3 is 4.90 Å². The SMILES string of the molecule is CN(C)C(=O)c1ccc(-n2nc(-c3cccnc3)c3c2-c2sc(NC(=O)S)nc2CC3)c(Cl)c1. The molecule has 1 aromatic carbocycles. The first-order valence-corrected chi connectivity index (χ1v) is 12.0. The van der Waals surface area contributed by atoms with Crippen LogP contribution in [0.25, 0.3) is 27.5 Å². The highest BCUT2D eigenvalue weighted by molar-refractivity contribution is 7.97. The van der Waals surface area contributed by atoms with Crippen molar-refractivity contribution in [2.75, 3.05) is 19.4 Å². The fraction of sp³-hybridized carbons (Fsp3) is 0.174. The van der Waals surface area contributed by atoms with Crippen molar-refractivity contribution in [1.29, 1.82) is 0 Å². The summed E-state index contributed by atoms with van der Waals surface area (Å²) in [6.45, 7) is 0. The van der Waals surface area contributed by atoms with Crippen LogP contribution in [0.5, 0.6) is 0 Å². The highest BCUT2D eigenvalue weighted by atomic mass is 35.5.